The van der Waals surface area contributed by atoms with E-state index in [1.54, 1.807) is 27.1 Å². The number of guanidine groups is 1. The van der Waals surface area contributed by atoms with Crippen LogP contribution in [-0.2, 0) is 0 Å². The molecule has 6 heteroatoms. The highest BCUT2D eigenvalue weighted by Crippen LogP contribution is 2.29. The van der Waals surface area contributed by atoms with Crippen molar-refractivity contribution in [1.29, 1.82) is 10.8 Å². The Morgan fingerprint density at radius 2 is 1.71 bits per heavy atom. The van der Waals surface area contributed by atoms with Gasteiger partial charge in [0.05, 0.1) is 5.84 Å². The molecule has 1 aromatic rings. The van der Waals surface area contributed by atoms with Crippen LogP contribution in [0, 0.1) is 10.8 Å². The Bertz CT molecular complexity index is 459. The molecule has 0 bridgehead atoms. The van der Waals surface area contributed by atoms with E-state index in [0.29, 0.717) is 5.69 Å². The number of phenols is 2. The molecular weight excluding hydrogens is 220 g/mol. The smallest absolute Gasteiger partial charge is 0.203 e. The summed E-state index contributed by atoms with van der Waals surface area (Å²) in [6, 6.07) is 4.29. The summed E-state index contributed by atoms with van der Waals surface area (Å²) < 4.78 is 0. The van der Waals surface area contributed by atoms with E-state index in [9.17, 15) is 10.2 Å². The number of nitrogens with one attached hydrogen (secondary N) is 2. The Morgan fingerprint density at radius 1 is 1.12 bits per heavy atom. The number of nitrogens with zero attached hydrogens (tertiary/aromatic N) is 2. The molecule has 1 rings (SSSR count). The van der Waals surface area contributed by atoms with Crippen molar-refractivity contribution in [3.05, 3.63) is 18.2 Å². The molecule has 0 unspecified atom stereocenters. The van der Waals surface area contributed by atoms with Crippen molar-refractivity contribution in [2.75, 3.05) is 19.0 Å². The second-order valence-electron chi connectivity index (χ2n) is 3.70. The van der Waals surface area contributed by atoms with Crippen molar-refractivity contribution < 1.29 is 10.2 Å². The molecule has 0 fully saturated rings. The fourth-order valence-electron chi connectivity index (χ4n) is 1.23. The summed E-state index contributed by atoms with van der Waals surface area (Å²) >= 11 is 0. The second kappa shape index (κ2) is 4.73. The van der Waals surface area contributed by atoms with Gasteiger partial charge in [-0.25, -0.2) is 0 Å². The number of hydrogen-bond acceptors (Lipinski definition) is 4. The van der Waals surface area contributed by atoms with Gasteiger partial charge in [0, 0.05) is 25.8 Å². The summed E-state index contributed by atoms with van der Waals surface area (Å²) in [5, 5.41) is 33.9. The molecule has 92 valence electrons. The van der Waals surface area contributed by atoms with Crippen LogP contribution < -0.4 is 4.90 Å². The third-order valence-corrected chi connectivity index (χ3v) is 2.48. The Kier molecular flexibility index (Phi) is 3.57. The van der Waals surface area contributed by atoms with Crippen LogP contribution in [0.4, 0.5) is 5.69 Å². The number of amidine groups is 1. The molecule has 0 heterocycles. The van der Waals surface area contributed by atoms with Gasteiger partial charge in [-0.2, -0.15) is 0 Å². The summed E-state index contributed by atoms with van der Waals surface area (Å²) in [7, 11) is 3.26. The average molecular weight is 236 g/mol. The Hall–Kier alpha value is -2.24. The van der Waals surface area contributed by atoms with Gasteiger partial charge in [-0.15, -0.1) is 0 Å². The molecule has 0 atom stereocenters. The molecule has 0 spiro atoms. The summed E-state index contributed by atoms with van der Waals surface area (Å²) in [4.78, 5) is 2.89. The lowest BCUT2D eigenvalue weighted by Crippen LogP contribution is -2.41. The van der Waals surface area contributed by atoms with E-state index in [1.807, 2.05) is 0 Å². The van der Waals surface area contributed by atoms with E-state index in [1.165, 1.54) is 21.9 Å². The molecule has 4 N–H and O–H groups in total. The monoisotopic (exact) mass is 236 g/mol. The average Bonchev–Trinajstić information content (AvgIpc) is 2.29. The standard InChI is InChI=1S/C11H16N4O2/c1-7(12)14(2)11(13)15(3)8-4-5-9(16)10(17)6-8/h4-6,12-13,16-17H,1-3H3. The normalized spacial score (nSPS) is 9.82. The minimum absolute atomic E-state index is 0.0996. The predicted molar refractivity (Wildman–Crippen MR) is 67.1 cm³/mol. The van der Waals surface area contributed by atoms with Crippen molar-refractivity contribution in [3.8, 4) is 11.5 Å². The van der Waals surface area contributed by atoms with Crippen LogP contribution in [0.25, 0.3) is 0 Å². The van der Waals surface area contributed by atoms with Gasteiger partial charge in [-0.3, -0.25) is 10.8 Å². The first-order valence-corrected chi connectivity index (χ1v) is 4.97. The summed E-state index contributed by atoms with van der Waals surface area (Å²) in [6.45, 7) is 1.58. The van der Waals surface area contributed by atoms with Gasteiger partial charge < -0.3 is 20.0 Å². The highest BCUT2D eigenvalue weighted by molar-refractivity contribution is 6.03. The summed E-state index contributed by atoms with van der Waals surface area (Å²) in [6.07, 6.45) is 0. The minimum Gasteiger partial charge on any atom is -0.504 e. The lowest BCUT2D eigenvalue weighted by atomic mass is 10.2. The van der Waals surface area contributed by atoms with Crippen molar-refractivity contribution >= 4 is 17.5 Å². The number of anilines is 1. The van der Waals surface area contributed by atoms with Crippen molar-refractivity contribution in [1.82, 2.24) is 4.90 Å². The van der Waals surface area contributed by atoms with Gasteiger partial charge in [0.1, 0.15) is 0 Å². The van der Waals surface area contributed by atoms with Crippen LogP contribution in [0.3, 0.4) is 0 Å². The number of aromatic hydroxyl groups is 2. The number of hydrogen-bond donors (Lipinski definition) is 4. The van der Waals surface area contributed by atoms with E-state index in [0.717, 1.165) is 0 Å². The van der Waals surface area contributed by atoms with E-state index in [2.05, 4.69) is 0 Å². The van der Waals surface area contributed by atoms with E-state index in [-0.39, 0.29) is 23.3 Å². The zero-order valence-corrected chi connectivity index (χ0v) is 10.0. The molecule has 0 amide bonds. The molecule has 0 aliphatic heterocycles. The molecule has 1 aromatic carbocycles. The van der Waals surface area contributed by atoms with E-state index in [4.69, 9.17) is 10.8 Å². The molecule has 0 aliphatic carbocycles. The molecule has 0 saturated carbocycles. The van der Waals surface area contributed by atoms with Gasteiger partial charge in [-0.05, 0) is 19.1 Å². The van der Waals surface area contributed by atoms with Crippen LogP contribution >= 0.6 is 0 Å². The largest absolute Gasteiger partial charge is 0.504 e. The Morgan fingerprint density at radius 3 is 2.18 bits per heavy atom. The topological polar surface area (TPSA) is 94.6 Å². The fraction of sp³-hybridized carbons (Fsp3) is 0.273. The molecule has 0 aliphatic rings. The predicted octanol–water partition coefficient (Wildman–Crippen LogP) is 1.40. The third-order valence-electron chi connectivity index (χ3n) is 2.48. The first-order valence-electron chi connectivity index (χ1n) is 4.97. The van der Waals surface area contributed by atoms with E-state index < -0.39 is 0 Å². The third kappa shape index (κ3) is 2.66. The lowest BCUT2D eigenvalue weighted by Gasteiger charge is -2.27. The quantitative estimate of drug-likeness (QED) is 0.337. The number of benzene rings is 1. The van der Waals surface area contributed by atoms with Crippen LogP contribution in [-0.4, -0.2) is 41.0 Å². The number of phenolic OH excluding ortho intramolecular Hbond substituents is 2. The first kappa shape index (κ1) is 12.8. The fourth-order valence-corrected chi connectivity index (χ4v) is 1.23. The summed E-state index contributed by atoms with van der Waals surface area (Å²) in [5.74, 6) is -0.103. The zero-order chi connectivity index (χ0) is 13.2. The Labute approximate surface area is 99.7 Å². The van der Waals surface area contributed by atoms with Gasteiger partial charge in [0.25, 0.3) is 0 Å². The highest BCUT2D eigenvalue weighted by atomic mass is 16.3. The second-order valence-corrected chi connectivity index (χ2v) is 3.70. The van der Waals surface area contributed by atoms with E-state index >= 15 is 0 Å². The van der Waals surface area contributed by atoms with Crippen molar-refractivity contribution in [2.24, 2.45) is 0 Å². The molecule has 0 aromatic heterocycles. The van der Waals surface area contributed by atoms with Crippen molar-refractivity contribution in [2.45, 2.75) is 6.92 Å². The highest BCUT2D eigenvalue weighted by Gasteiger charge is 2.14. The number of rotatable bonds is 1. The maximum Gasteiger partial charge on any atom is 0.203 e. The van der Waals surface area contributed by atoms with Crippen LogP contribution in [0.15, 0.2) is 18.2 Å². The van der Waals surface area contributed by atoms with Gasteiger partial charge >= 0.3 is 0 Å². The molecule has 17 heavy (non-hydrogen) atoms. The molecule has 0 radical (unpaired) electrons. The van der Waals surface area contributed by atoms with Crippen molar-refractivity contribution in [3.63, 3.8) is 0 Å². The maximum absolute atomic E-state index is 9.38. The van der Waals surface area contributed by atoms with Crippen LogP contribution in [0.1, 0.15) is 6.92 Å². The van der Waals surface area contributed by atoms with Gasteiger partial charge in [0.2, 0.25) is 5.96 Å². The van der Waals surface area contributed by atoms with Crippen LogP contribution in [0.2, 0.25) is 0 Å². The molecule has 6 nitrogen and oxygen atoms in total. The summed E-state index contributed by atoms with van der Waals surface area (Å²) in [5.41, 5.74) is 0.554. The lowest BCUT2D eigenvalue weighted by molar-refractivity contribution is 0.404. The molecule has 0 saturated heterocycles. The maximum atomic E-state index is 9.38. The Balaban J connectivity index is 2.96. The SMILES string of the molecule is CC(=N)N(C)C(=N)N(C)c1ccc(O)c(O)c1. The van der Waals surface area contributed by atoms with Gasteiger partial charge in [0.15, 0.2) is 11.5 Å². The minimum atomic E-state index is -0.239. The van der Waals surface area contributed by atoms with Crippen LogP contribution in [0.5, 0.6) is 11.5 Å². The zero-order valence-electron chi connectivity index (χ0n) is 10.0. The van der Waals surface area contributed by atoms with Gasteiger partial charge in [-0.1, -0.05) is 0 Å². The first-order chi connectivity index (χ1) is 7.84. The molecular formula is C11H16N4O2.